The normalized spacial score (nSPS) is 12.4. The second-order valence-corrected chi connectivity index (χ2v) is 9.39. The summed E-state index contributed by atoms with van der Waals surface area (Å²) in [5, 5.41) is 6.16. The molecule has 0 radical (unpaired) electrons. The Hall–Kier alpha value is -2.73. The van der Waals surface area contributed by atoms with Crippen molar-refractivity contribution in [2.75, 3.05) is 0 Å². The Morgan fingerprint density at radius 2 is 1.90 bits per heavy atom. The first-order valence-corrected chi connectivity index (χ1v) is 10.3. The predicted octanol–water partition coefficient (Wildman–Crippen LogP) is 5.35. The summed E-state index contributed by atoms with van der Waals surface area (Å²) in [5.41, 5.74) is 2.78. The number of aromatic nitrogens is 3. The molecule has 0 aliphatic carbocycles. The highest BCUT2D eigenvalue weighted by atomic mass is 79.9. The summed E-state index contributed by atoms with van der Waals surface area (Å²) in [5.74, 6) is 0.555. The lowest BCUT2D eigenvalue weighted by atomic mass is 9.97. The van der Waals surface area contributed by atoms with Crippen molar-refractivity contribution in [3.05, 3.63) is 74.9 Å². The topological polar surface area (TPSA) is 52.2 Å². The van der Waals surface area contributed by atoms with Crippen molar-refractivity contribution in [1.29, 1.82) is 0 Å². The van der Waals surface area contributed by atoms with E-state index in [9.17, 15) is 4.79 Å². The van der Waals surface area contributed by atoms with Crippen LogP contribution in [0.3, 0.4) is 0 Å². The molecule has 0 saturated heterocycles. The van der Waals surface area contributed by atoms with Gasteiger partial charge in [-0.25, -0.2) is 4.98 Å². The van der Waals surface area contributed by atoms with Crippen LogP contribution < -0.4 is 5.56 Å². The number of hydrogen-bond donors (Lipinski definition) is 0. The highest BCUT2D eigenvalue weighted by molar-refractivity contribution is 9.10. The number of rotatable bonds is 3. The fourth-order valence-corrected chi connectivity index (χ4v) is 3.90. The molecule has 0 saturated carbocycles. The van der Waals surface area contributed by atoms with Crippen LogP contribution in [-0.2, 0) is 6.54 Å². The van der Waals surface area contributed by atoms with E-state index in [1.54, 1.807) is 19.2 Å². The molecule has 0 aliphatic rings. The summed E-state index contributed by atoms with van der Waals surface area (Å²) >= 11 is 3.42. The quantitative estimate of drug-likeness (QED) is 0.395. The summed E-state index contributed by atoms with van der Waals surface area (Å²) in [6, 6.07) is 13.8. The van der Waals surface area contributed by atoms with Crippen LogP contribution in [0, 0.1) is 12.3 Å². The molecule has 4 rings (SSSR count). The molecule has 0 amide bonds. The lowest BCUT2D eigenvalue weighted by Crippen LogP contribution is -2.20. The minimum Gasteiger partial charge on any atom is -0.346 e. The molecule has 5 nitrogen and oxygen atoms in total. The monoisotopic (exact) mass is 450 g/mol. The fraction of sp³-hybridized carbons (Fsp3) is 0.261. The standard InChI is InChI=1S/C23H23BrN4O/c1-15-26-20-10-9-17(24)11-19(20)22(29)28(15)25-12-16-13-27(14-23(2,3)4)21-8-6-5-7-18(16)21/h5-13H,14H2,1-4H3. The number of nitrogens with zero attached hydrogens (tertiary/aromatic N) is 4. The van der Waals surface area contributed by atoms with Crippen LogP contribution in [0.4, 0.5) is 0 Å². The maximum Gasteiger partial charge on any atom is 0.282 e. The molecule has 0 N–H and O–H groups in total. The number of aryl methyl sites for hydroxylation is 1. The first-order chi connectivity index (χ1) is 13.7. The molecule has 2 aromatic heterocycles. The first kappa shape index (κ1) is 19.6. The second kappa shape index (κ2) is 7.26. The summed E-state index contributed by atoms with van der Waals surface area (Å²) < 4.78 is 4.46. The highest BCUT2D eigenvalue weighted by Crippen LogP contribution is 2.25. The molecule has 0 fully saturated rings. The van der Waals surface area contributed by atoms with Crippen molar-refractivity contribution in [3.63, 3.8) is 0 Å². The van der Waals surface area contributed by atoms with Crippen molar-refractivity contribution in [2.45, 2.75) is 34.2 Å². The van der Waals surface area contributed by atoms with Gasteiger partial charge in [0.15, 0.2) is 0 Å². The molecule has 0 aliphatic heterocycles. The maximum atomic E-state index is 13.0. The van der Waals surface area contributed by atoms with Crippen LogP contribution >= 0.6 is 15.9 Å². The van der Waals surface area contributed by atoms with Gasteiger partial charge < -0.3 is 4.57 Å². The summed E-state index contributed by atoms with van der Waals surface area (Å²) in [6.45, 7) is 9.35. The number of halogens is 1. The largest absolute Gasteiger partial charge is 0.346 e. The molecular weight excluding hydrogens is 428 g/mol. The molecule has 6 heteroatoms. The van der Waals surface area contributed by atoms with E-state index in [2.05, 4.69) is 69.7 Å². The van der Waals surface area contributed by atoms with Gasteiger partial charge in [0.05, 0.1) is 17.1 Å². The smallest absolute Gasteiger partial charge is 0.282 e. The Balaban J connectivity index is 1.83. The molecule has 0 atom stereocenters. The van der Waals surface area contributed by atoms with Crippen LogP contribution in [0.5, 0.6) is 0 Å². The minimum atomic E-state index is -0.177. The number of fused-ring (bicyclic) bond motifs is 2. The van der Waals surface area contributed by atoms with Crippen molar-refractivity contribution in [2.24, 2.45) is 10.5 Å². The summed E-state index contributed by atoms with van der Waals surface area (Å²) in [6.07, 6.45) is 3.85. The number of para-hydroxylation sites is 1. The Bertz CT molecular complexity index is 1310. The average Bonchev–Trinajstić information content (AvgIpc) is 2.98. The summed E-state index contributed by atoms with van der Waals surface area (Å²) in [7, 11) is 0. The van der Waals surface area contributed by atoms with Gasteiger partial charge in [0.25, 0.3) is 5.56 Å². The van der Waals surface area contributed by atoms with Crippen LogP contribution in [0.2, 0.25) is 0 Å². The van der Waals surface area contributed by atoms with E-state index in [0.717, 1.165) is 27.5 Å². The van der Waals surface area contributed by atoms with E-state index in [4.69, 9.17) is 0 Å². The van der Waals surface area contributed by atoms with E-state index in [-0.39, 0.29) is 11.0 Å². The van der Waals surface area contributed by atoms with Crippen LogP contribution in [0.1, 0.15) is 32.2 Å². The second-order valence-electron chi connectivity index (χ2n) is 8.47. The molecule has 0 spiro atoms. The lowest BCUT2D eigenvalue weighted by Gasteiger charge is -2.19. The minimum absolute atomic E-state index is 0.152. The zero-order chi connectivity index (χ0) is 20.8. The van der Waals surface area contributed by atoms with Crippen LogP contribution in [0.15, 0.2) is 63.0 Å². The third kappa shape index (κ3) is 3.90. The Morgan fingerprint density at radius 1 is 1.14 bits per heavy atom. The van der Waals surface area contributed by atoms with Gasteiger partial charge in [-0.05, 0) is 36.6 Å². The number of benzene rings is 2. The Kier molecular flexibility index (Phi) is 4.90. The third-order valence-electron chi connectivity index (χ3n) is 4.75. The summed E-state index contributed by atoms with van der Waals surface area (Å²) in [4.78, 5) is 17.5. The van der Waals surface area contributed by atoms with Crippen LogP contribution in [-0.4, -0.2) is 20.4 Å². The molecule has 2 heterocycles. The van der Waals surface area contributed by atoms with E-state index in [0.29, 0.717) is 16.7 Å². The predicted molar refractivity (Wildman–Crippen MR) is 123 cm³/mol. The van der Waals surface area contributed by atoms with Gasteiger partial charge in [-0.1, -0.05) is 54.9 Å². The zero-order valence-corrected chi connectivity index (χ0v) is 18.6. The van der Waals surface area contributed by atoms with Gasteiger partial charge in [-0.15, -0.1) is 0 Å². The highest BCUT2D eigenvalue weighted by Gasteiger charge is 2.15. The van der Waals surface area contributed by atoms with Gasteiger partial charge in [0.2, 0.25) is 0 Å². The molecule has 148 valence electrons. The SMILES string of the molecule is Cc1nc2ccc(Br)cc2c(=O)n1N=Cc1cn(CC(C)(C)C)c2ccccc12. The van der Waals surface area contributed by atoms with E-state index in [1.165, 1.54) is 4.68 Å². The lowest BCUT2D eigenvalue weighted by molar-refractivity contribution is 0.349. The maximum absolute atomic E-state index is 13.0. The van der Waals surface area contributed by atoms with Crippen molar-refractivity contribution in [1.82, 2.24) is 14.2 Å². The van der Waals surface area contributed by atoms with Gasteiger partial charge in [0.1, 0.15) is 5.82 Å². The molecule has 2 aromatic carbocycles. The van der Waals surface area contributed by atoms with E-state index in [1.807, 2.05) is 24.3 Å². The molecule has 0 unspecified atom stereocenters. The Labute approximate surface area is 177 Å². The molecular formula is C23H23BrN4O. The first-order valence-electron chi connectivity index (χ1n) is 9.54. The molecule has 29 heavy (non-hydrogen) atoms. The van der Waals surface area contributed by atoms with E-state index >= 15 is 0 Å². The van der Waals surface area contributed by atoms with E-state index < -0.39 is 0 Å². The Morgan fingerprint density at radius 3 is 2.66 bits per heavy atom. The zero-order valence-electron chi connectivity index (χ0n) is 17.0. The third-order valence-corrected chi connectivity index (χ3v) is 5.24. The average molecular weight is 451 g/mol. The number of hydrogen-bond acceptors (Lipinski definition) is 3. The van der Waals surface area contributed by atoms with Crippen molar-refractivity contribution >= 4 is 44.0 Å². The van der Waals surface area contributed by atoms with Crippen molar-refractivity contribution in [3.8, 4) is 0 Å². The van der Waals surface area contributed by atoms with Crippen molar-refractivity contribution < 1.29 is 0 Å². The van der Waals surface area contributed by atoms with Gasteiger partial charge in [-0.2, -0.15) is 9.78 Å². The molecule has 4 aromatic rings. The van der Waals surface area contributed by atoms with Gasteiger partial charge >= 0.3 is 0 Å². The van der Waals surface area contributed by atoms with Crippen LogP contribution in [0.25, 0.3) is 21.8 Å². The van der Waals surface area contributed by atoms with Gasteiger partial charge in [0, 0.05) is 33.7 Å². The van der Waals surface area contributed by atoms with Gasteiger partial charge in [-0.3, -0.25) is 4.79 Å². The molecule has 0 bridgehead atoms. The fourth-order valence-electron chi connectivity index (χ4n) is 3.54.